The number of nitrogens with zero attached hydrogens (tertiary/aromatic N) is 3. The van der Waals surface area contributed by atoms with Crippen molar-refractivity contribution in [1.29, 1.82) is 0 Å². The molecule has 0 aliphatic heterocycles. The summed E-state index contributed by atoms with van der Waals surface area (Å²) in [5, 5.41) is 3.57. The number of benzene rings is 1. The van der Waals surface area contributed by atoms with Crippen molar-refractivity contribution in [3.05, 3.63) is 108 Å². The second-order valence-electron chi connectivity index (χ2n) is 9.48. The van der Waals surface area contributed by atoms with E-state index in [1.54, 1.807) is 13.1 Å². The third kappa shape index (κ3) is 7.47. The number of rotatable bonds is 12. The Labute approximate surface area is 239 Å². The number of carbonyl (C=O) groups excluding carboxylic acids is 1. The summed E-state index contributed by atoms with van der Waals surface area (Å²) in [4.78, 5) is 25.1. The number of amidine groups is 1. The molecule has 1 aromatic carbocycles. The summed E-state index contributed by atoms with van der Waals surface area (Å²) in [6.07, 6.45) is 18.6. The Bertz CT molecular complexity index is 1330. The van der Waals surface area contributed by atoms with Gasteiger partial charge in [0.15, 0.2) is 0 Å². The number of aryl methyl sites for hydroxylation is 1. The molecule has 0 fully saturated rings. The van der Waals surface area contributed by atoms with Crippen molar-refractivity contribution in [3.63, 3.8) is 0 Å². The van der Waals surface area contributed by atoms with Crippen LogP contribution in [0.15, 0.2) is 95.7 Å². The van der Waals surface area contributed by atoms with Crippen molar-refractivity contribution in [2.24, 2.45) is 4.99 Å². The fourth-order valence-corrected chi connectivity index (χ4v) is 4.83. The first-order valence-electron chi connectivity index (χ1n) is 14.0. The van der Waals surface area contributed by atoms with Gasteiger partial charge in [0.25, 0.3) is 0 Å². The lowest BCUT2D eigenvalue weighted by atomic mass is 9.92. The van der Waals surface area contributed by atoms with Crippen LogP contribution in [0.5, 0.6) is 0 Å². The van der Waals surface area contributed by atoms with Gasteiger partial charge < -0.3 is 15.0 Å². The van der Waals surface area contributed by atoms with Gasteiger partial charge in [-0.15, -0.1) is 0 Å². The van der Waals surface area contributed by atoms with Gasteiger partial charge in [-0.3, -0.25) is 4.99 Å². The summed E-state index contributed by atoms with van der Waals surface area (Å²) in [5.41, 5.74) is 5.70. The molecule has 1 heterocycles. The van der Waals surface area contributed by atoms with E-state index in [-0.39, 0.29) is 6.61 Å². The van der Waals surface area contributed by atoms with Crippen molar-refractivity contribution in [3.8, 4) is 11.1 Å². The number of allylic oxidation sites excluding steroid dienone is 8. The highest BCUT2D eigenvalue weighted by atomic mass is 16.5. The summed E-state index contributed by atoms with van der Waals surface area (Å²) in [6.45, 7) is 10.5. The fraction of sp³-hybridized carbons (Fsp3) is 0.324. The summed E-state index contributed by atoms with van der Waals surface area (Å²) in [7, 11) is 3.73. The average molecular weight is 539 g/mol. The number of anilines is 1. The van der Waals surface area contributed by atoms with Crippen LogP contribution in [-0.2, 0) is 4.74 Å². The number of hydrogen-bond donors (Lipinski definition) is 1. The van der Waals surface area contributed by atoms with Gasteiger partial charge in [0.05, 0.1) is 23.4 Å². The molecule has 1 aliphatic rings. The number of hydrogen-bond acceptors (Lipinski definition) is 5. The minimum Gasteiger partial charge on any atom is -0.462 e. The molecule has 40 heavy (non-hydrogen) atoms. The van der Waals surface area contributed by atoms with Crippen LogP contribution in [0.2, 0.25) is 0 Å². The van der Waals surface area contributed by atoms with Gasteiger partial charge in [0.1, 0.15) is 11.7 Å². The lowest BCUT2D eigenvalue weighted by Crippen LogP contribution is -2.31. The Morgan fingerprint density at radius 2 is 2.00 bits per heavy atom. The first-order valence-corrected chi connectivity index (χ1v) is 14.0. The number of likely N-dealkylation sites (N-methyl/N-ethyl adjacent to an activating group) is 1. The van der Waals surface area contributed by atoms with E-state index in [1.807, 2.05) is 81.3 Å². The highest BCUT2D eigenvalue weighted by molar-refractivity contribution is 6.13. The van der Waals surface area contributed by atoms with Crippen molar-refractivity contribution in [2.75, 3.05) is 32.1 Å². The molecule has 0 saturated heterocycles. The Morgan fingerprint density at radius 1 is 1.23 bits per heavy atom. The maximum Gasteiger partial charge on any atom is 0.340 e. The molecule has 0 saturated carbocycles. The first kappa shape index (κ1) is 30.4. The first-order chi connectivity index (χ1) is 19.5. The molecule has 6 nitrogen and oxygen atoms in total. The van der Waals surface area contributed by atoms with Crippen LogP contribution in [0.4, 0.5) is 5.82 Å². The maximum atomic E-state index is 13.4. The molecule has 6 heteroatoms. The maximum absolute atomic E-state index is 13.4. The molecule has 0 radical (unpaired) electrons. The molecule has 0 unspecified atom stereocenters. The van der Waals surface area contributed by atoms with E-state index in [2.05, 4.69) is 30.1 Å². The van der Waals surface area contributed by atoms with Crippen molar-refractivity contribution in [2.45, 2.75) is 46.5 Å². The number of pyridine rings is 1. The van der Waals surface area contributed by atoms with Crippen LogP contribution >= 0.6 is 0 Å². The van der Waals surface area contributed by atoms with Crippen molar-refractivity contribution in [1.82, 2.24) is 10.3 Å². The Kier molecular flexibility index (Phi) is 11.7. The van der Waals surface area contributed by atoms with Crippen LogP contribution in [-0.4, -0.2) is 44.0 Å². The SMILES string of the molecule is C=C/C=C(\C=C/C)N(C)c1nc(C)c(C(=O)OCC)c(-c2ccccc2)c1C(=NC)NCCCC1=CCCC=C1. The number of esters is 1. The number of aliphatic imine (C=N–C) groups is 1. The standard InChI is InChI=1S/C34H42N4O2/c1-7-17-28(18-8-2)38(6)33-31(32(35-5)36-24-16-21-26-19-12-10-13-20-26)30(27-22-14-11-15-23-27)29(25(4)37-33)34(39)40-9-3/h7-8,11-12,14-15,17-20,22-23H,1,9-10,13,16,21,24H2,2-6H3,(H,35,36)/b18-8-,28-17+. The quantitative estimate of drug-likeness (QED) is 0.101. The molecule has 1 aliphatic carbocycles. The Morgan fingerprint density at radius 3 is 2.62 bits per heavy atom. The Hall–Kier alpha value is -4.19. The van der Waals surface area contributed by atoms with E-state index in [0.717, 1.165) is 54.6 Å². The molecule has 1 aromatic heterocycles. The van der Waals surface area contributed by atoms with E-state index < -0.39 is 5.97 Å². The molecule has 0 amide bonds. The fourth-order valence-electron chi connectivity index (χ4n) is 4.83. The van der Waals surface area contributed by atoms with E-state index >= 15 is 0 Å². The third-order valence-corrected chi connectivity index (χ3v) is 6.70. The van der Waals surface area contributed by atoms with Crippen LogP contribution in [0, 0.1) is 6.92 Å². The molecule has 210 valence electrons. The van der Waals surface area contributed by atoms with Crippen molar-refractivity contribution >= 4 is 17.6 Å². The Balaban J connectivity index is 2.21. The molecule has 0 atom stereocenters. The topological polar surface area (TPSA) is 66.8 Å². The molecule has 0 bridgehead atoms. The van der Waals surface area contributed by atoms with Gasteiger partial charge in [0.2, 0.25) is 0 Å². The second-order valence-corrected chi connectivity index (χ2v) is 9.48. The van der Waals surface area contributed by atoms with E-state index in [1.165, 1.54) is 5.57 Å². The van der Waals surface area contributed by atoms with Gasteiger partial charge in [-0.05, 0) is 64.2 Å². The molecule has 1 N–H and O–H groups in total. The largest absolute Gasteiger partial charge is 0.462 e. The van der Waals surface area contributed by atoms with Gasteiger partial charge in [0, 0.05) is 31.9 Å². The van der Waals surface area contributed by atoms with Gasteiger partial charge in [-0.1, -0.05) is 72.9 Å². The predicted molar refractivity (Wildman–Crippen MR) is 168 cm³/mol. The molecule has 2 aromatic rings. The molecular weight excluding hydrogens is 496 g/mol. The van der Waals surface area contributed by atoms with Crippen LogP contribution in [0.3, 0.4) is 0 Å². The minimum absolute atomic E-state index is 0.272. The number of aromatic nitrogens is 1. The number of ether oxygens (including phenoxy) is 1. The van der Waals surface area contributed by atoms with Crippen LogP contribution < -0.4 is 10.2 Å². The lowest BCUT2D eigenvalue weighted by Gasteiger charge is -2.27. The van der Waals surface area contributed by atoms with Crippen LogP contribution in [0.25, 0.3) is 11.1 Å². The number of nitrogens with one attached hydrogen (secondary N) is 1. The monoisotopic (exact) mass is 538 g/mol. The highest BCUT2D eigenvalue weighted by Gasteiger charge is 2.29. The zero-order valence-corrected chi connectivity index (χ0v) is 24.5. The van der Waals surface area contributed by atoms with Gasteiger partial charge in [-0.2, -0.15) is 0 Å². The van der Waals surface area contributed by atoms with Gasteiger partial charge >= 0.3 is 5.97 Å². The summed E-state index contributed by atoms with van der Waals surface area (Å²) < 4.78 is 5.53. The molecule has 3 rings (SSSR count). The zero-order valence-electron chi connectivity index (χ0n) is 24.5. The average Bonchev–Trinajstić information content (AvgIpc) is 2.97. The summed E-state index contributed by atoms with van der Waals surface area (Å²) in [5.74, 6) is 0.954. The molecular formula is C34H42N4O2. The van der Waals surface area contributed by atoms with E-state index in [0.29, 0.717) is 22.9 Å². The summed E-state index contributed by atoms with van der Waals surface area (Å²) in [6, 6.07) is 9.92. The van der Waals surface area contributed by atoms with Crippen molar-refractivity contribution < 1.29 is 9.53 Å². The minimum atomic E-state index is -0.399. The van der Waals surface area contributed by atoms with E-state index in [9.17, 15) is 4.79 Å². The van der Waals surface area contributed by atoms with Gasteiger partial charge in [-0.25, -0.2) is 9.78 Å². The second kappa shape index (κ2) is 15.4. The van der Waals surface area contributed by atoms with E-state index in [4.69, 9.17) is 14.7 Å². The van der Waals surface area contributed by atoms with Crippen LogP contribution in [0.1, 0.15) is 61.1 Å². The normalized spacial score (nSPS) is 13.8. The lowest BCUT2D eigenvalue weighted by molar-refractivity contribution is 0.0526. The third-order valence-electron chi connectivity index (χ3n) is 6.70. The predicted octanol–water partition coefficient (Wildman–Crippen LogP) is 7.34. The smallest absolute Gasteiger partial charge is 0.340 e. The zero-order chi connectivity index (χ0) is 28.9. The highest BCUT2D eigenvalue weighted by Crippen LogP contribution is 2.36. The molecule has 0 spiro atoms. The summed E-state index contributed by atoms with van der Waals surface area (Å²) >= 11 is 0. The number of carbonyl (C=O) groups is 1.